The second-order valence-electron chi connectivity index (χ2n) is 6.37. The molecule has 28 heavy (non-hydrogen) atoms. The summed E-state index contributed by atoms with van der Waals surface area (Å²) in [5.41, 5.74) is 4.05. The van der Waals surface area contributed by atoms with Crippen LogP contribution >= 0.6 is 11.6 Å². The van der Waals surface area contributed by atoms with Gasteiger partial charge in [-0.15, -0.1) is 0 Å². The summed E-state index contributed by atoms with van der Waals surface area (Å²) in [7, 11) is 1.66. The molecule has 0 radical (unpaired) electrons. The van der Waals surface area contributed by atoms with Crippen LogP contribution in [0.25, 0.3) is 0 Å². The van der Waals surface area contributed by atoms with Crippen molar-refractivity contribution in [3.63, 3.8) is 0 Å². The maximum Gasteiger partial charge on any atom is 0.274 e. The molecule has 0 aliphatic heterocycles. The average Bonchev–Trinajstić information content (AvgIpc) is 2.71. The van der Waals surface area contributed by atoms with Crippen molar-refractivity contribution in [3.8, 4) is 5.75 Å². The average molecular weight is 396 g/mol. The molecule has 3 rings (SSSR count). The number of hydrogen-bond donors (Lipinski definition) is 2. The van der Waals surface area contributed by atoms with Crippen molar-refractivity contribution in [2.24, 2.45) is 0 Å². The van der Waals surface area contributed by atoms with E-state index in [0.717, 1.165) is 30.0 Å². The van der Waals surface area contributed by atoms with Gasteiger partial charge in [0.15, 0.2) is 0 Å². The lowest BCUT2D eigenvalue weighted by atomic mass is 10.1. The van der Waals surface area contributed by atoms with Gasteiger partial charge in [0.1, 0.15) is 11.4 Å². The first kappa shape index (κ1) is 19.7. The number of anilines is 2. The summed E-state index contributed by atoms with van der Waals surface area (Å²) >= 11 is 5.99. The number of carbonyl (C=O) groups excluding carboxylic acids is 1. The van der Waals surface area contributed by atoms with Crippen molar-refractivity contribution in [3.05, 3.63) is 82.6 Å². The number of ether oxygens (including phenoxy) is 1. The predicted molar refractivity (Wildman–Crippen MR) is 114 cm³/mol. The van der Waals surface area contributed by atoms with E-state index in [9.17, 15) is 4.79 Å². The van der Waals surface area contributed by atoms with Crippen molar-refractivity contribution < 1.29 is 9.53 Å². The number of pyridine rings is 1. The standard InChI is InChI=1S/C22H22ClN3O2/c1-15-3-6-17(23)13-21(15)26-22(27)20-10-7-18(14-25-20)24-12-11-16-4-8-19(28-2)9-5-16/h3-10,13-14,24H,11-12H2,1-2H3,(H,26,27). The van der Waals surface area contributed by atoms with Crippen LogP contribution in [0.3, 0.4) is 0 Å². The highest BCUT2D eigenvalue weighted by Crippen LogP contribution is 2.21. The molecule has 5 nitrogen and oxygen atoms in total. The summed E-state index contributed by atoms with van der Waals surface area (Å²) in [6.45, 7) is 2.68. The summed E-state index contributed by atoms with van der Waals surface area (Å²) in [5.74, 6) is 0.581. The predicted octanol–water partition coefficient (Wildman–Crippen LogP) is 4.96. The fraction of sp³-hybridized carbons (Fsp3) is 0.182. The SMILES string of the molecule is COc1ccc(CCNc2ccc(C(=O)Nc3cc(Cl)ccc3C)nc2)cc1. The Labute approximate surface area is 169 Å². The third-order valence-corrected chi connectivity index (χ3v) is 4.58. The summed E-state index contributed by atoms with van der Waals surface area (Å²) in [4.78, 5) is 16.6. The van der Waals surface area contributed by atoms with Crippen molar-refractivity contribution in [1.82, 2.24) is 4.98 Å². The molecule has 0 saturated heterocycles. The Bertz CT molecular complexity index is 941. The van der Waals surface area contributed by atoms with Gasteiger partial charge in [0, 0.05) is 17.3 Å². The number of aryl methyl sites for hydroxylation is 1. The number of rotatable bonds is 7. The van der Waals surface area contributed by atoms with E-state index in [-0.39, 0.29) is 5.91 Å². The Morgan fingerprint density at radius 1 is 1.11 bits per heavy atom. The van der Waals surface area contributed by atoms with Crippen molar-refractivity contribution >= 4 is 28.9 Å². The Balaban J connectivity index is 1.53. The largest absolute Gasteiger partial charge is 0.497 e. The van der Waals surface area contributed by atoms with E-state index in [1.165, 1.54) is 5.56 Å². The Morgan fingerprint density at radius 3 is 2.57 bits per heavy atom. The third kappa shape index (κ3) is 5.24. The lowest BCUT2D eigenvalue weighted by molar-refractivity contribution is 0.102. The topological polar surface area (TPSA) is 63.2 Å². The van der Waals surface area contributed by atoms with Gasteiger partial charge in [-0.1, -0.05) is 29.8 Å². The van der Waals surface area contributed by atoms with Crippen LogP contribution in [0.4, 0.5) is 11.4 Å². The maximum absolute atomic E-state index is 12.4. The fourth-order valence-corrected chi connectivity index (χ4v) is 2.86. The highest BCUT2D eigenvalue weighted by molar-refractivity contribution is 6.31. The number of aromatic nitrogens is 1. The highest BCUT2D eigenvalue weighted by atomic mass is 35.5. The fourth-order valence-electron chi connectivity index (χ4n) is 2.69. The molecule has 0 aliphatic carbocycles. The van der Waals surface area contributed by atoms with Gasteiger partial charge < -0.3 is 15.4 Å². The minimum Gasteiger partial charge on any atom is -0.497 e. The lowest BCUT2D eigenvalue weighted by Gasteiger charge is -2.10. The molecule has 0 unspecified atom stereocenters. The van der Waals surface area contributed by atoms with Gasteiger partial charge in [0.2, 0.25) is 0 Å². The molecule has 0 fully saturated rings. The molecule has 0 spiro atoms. The number of amides is 1. The summed E-state index contributed by atoms with van der Waals surface area (Å²) in [5, 5.41) is 6.73. The Morgan fingerprint density at radius 2 is 1.89 bits per heavy atom. The van der Waals surface area contributed by atoms with Crippen LogP contribution in [0.5, 0.6) is 5.75 Å². The number of methoxy groups -OCH3 is 1. The molecule has 1 aromatic heterocycles. The Kier molecular flexibility index (Phi) is 6.50. The minimum absolute atomic E-state index is 0.268. The molecule has 1 amide bonds. The summed E-state index contributed by atoms with van der Waals surface area (Å²) in [6, 6.07) is 16.9. The Hall–Kier alpha value is -3.05. The van der Waals surface area contributed by atoms with E-state index in [2.05, 4.69) is 15.6 Å². The summed E-state index contributed by atoms with van der Waals surface area (Å²) in [6.07, 6.45) is 2.54. The smallest absolute Gasteiger partial charge is 0.274 e. The van der Waals surface area contributed by atoms with Crippen LogP contribution in [0.2, 0.25) is 5.02 Å². The molecule has 0 aliphatic rings. The van der Waals surface area contributed by atoms with Gasteiger partial charge in [-0.05, 0) is 60.9 Å². The van der Waals surface area contributed by atoms with E-state index in [0.29, 0.717) is 16.4 Å². The third-order valence-electron chi connectivity index (χ3n) is 4.35. The van der Waals surface area contributed by atoms with Crippen LogP contribution in [-0.2, 0) is 6.42 Å². The van der Waals surface area contributed by atoms with Gasteiger partial charge in [0.25, 0.3) is 5.91 Å². The number of benzene rings is 2. The number of halogens is 1. The van der Waals surface area contributed by atoms with Crippen LogP contribution in [0, 0.1) is 6.92 Å². The van der Waals surface area contributed by atoms with E-state index in [1.807, 2.05) is 43.3 Å². The quantitative estimate of drug-likeness (QED) is 0.593. The molecule has 2 N–H and O–H groups in total. The molecule has 2 aromatic carbocycles. The number of nitrogens with one attached hydrogen (secondary N) is 2. The minimum atomic E-state index is -0.268. The van der Waals surface area contributed by atoms with E-state index in [1.54, 1.807) is 31.5 Å². The van der Waals surface area contributed by atoms with Crippen LogP contribution < -0.4 is 15.4 Å². The number of carbonyl (C=O) groups is 1. The van der Waals surface area contributed by atoms with E-state index < -0.39 is 0 Å². The second-order valence-corrected chi connectivity index (χ2v) is 6.81. The van der Waals surface area contributed by atoms with Crippen LogP contribution in [0.1, 0.15) is 21.6 Å². The zero-order valence-corrected chi connectivity index (χ0v) is 16.6. The van der Waals surface area contributed by atoms with Gasteiger partial charge >= 0.3 is 0 Å². The molecule has 1 heterocycles. The molecular weight excluding hydrogens is 374 g/mol. The first-order chi connectivity index (χ1) is 13.5. The molecule has 144 valence electrons. The van der Waals surface area contributed by atoms with Crippen LogP contribution in [0.15, 0.2) is 60.8 Å². The number of nitrogens with zero attached hydrogens (tertiary/aromatic N) is 1. The van der Waals surface area contributed by atoms with Crippen LogP contribution in [-0.4, -0.2) is 24.5 Å². The first-order valence-electron chi connectivity index (χ1n) is 8.95. The maximum atomic E-state index is 12.4. The molecule has 6 heteroatoms. The van der Waals surface area contributed by atoms with Gasteiger partial charge in [0.05, 0.1) is 19.0 Å². The first-order valence-corrected chi connectivity index (χ1v) is 9.33. The molecule has 0 bridgehead atoms. The van der Waals surface area contributed by atoms with Crippen molar-refractivity contribution in [2.45, 2.75) is 13.3 Å². The second kappa shape index (κ2) is 9.24. The van der Waals surface area contributed by atoms with Crippen molar-refractivity contribution in [2.75, 3.05) is 24.3 Å². The molecule has 0 atom stereocenters. The number of hydrogen-bond acceptors (Lipinski definition) is 4. The van der Waals surface area contributed by atoms with Crippen molar-refractivity contribution in [1.29, 1.82) is 0 Å². The van der Waals surface area contributed by atoms with Gasteiger partial charge in [-0.25, -0.2) is 4.98 Å². The normalized spacial score (nSPS) is 10.4. The van der Waals surface area contributed by atoms with E-state index in [4.69, 9.17) is 16.3 Å². The summed E-state index contributed by atoms with van der Waals surface area (Å²) < 4.78 is 5.16. The van der Waals surface area contributed by atoms with Gasteiger partial charge in [-0.3, -0.25) is 4.79 Å². The monoisotopic (exact) mass is 395 g/mol. The highest BCUT2D eigenvalue weighted by Gasteiger charge is 2.09. The molecular formula is C22H22ClN3O2. The zero-order chi connectivity index (χ0) is 19.9. The molecule has 0 saturated carbocycles. The molecule has 3 aromatic rings. The van der Waals surface area contributed by atoms with Gasteiger partial charge in [-0.2, -0.15) is 0 Å². The lowest BCUT2D eigenvalue weighted by Crippen LogP contribution is -2.14. The zero-order valence-electron chi connectivity index (χ0n) is 15.8. The van der Waals surface area contributed by atoms with E-state index >= 15 is 0 Å².